The molecular weight excluding hydrogens is 495 g/mol. The van der Waals surface area contributed by atoms with Crippen LogP contribution in [0.1, 0.15) is 21.5 Å². The summed E-state index contributed by atoms with van der Waals surface area (Å²) in [7, 11) is 1.65. The van der Waals surface area contributed by atoms with Gasteiger partial charge in [-0.1, -0.05) is 41.4 Å². The van der Waals surface area contributed by atoms with Gasteiger partial charge in [0.25, 0.3) is 5.91 Å². The van der Waals surface area contributed by atoms with Crippen molar-refractivity contribution in [1.29, 1.82) is 0 Å². The van der Waals surface area contributed by atoms with E-state index in [1.54, 1.807) is 37.4 Å². The van der Waals surface area contributed by atoms with Crippen molar-refractivity contribution in [2.75, 3.05) is 7.05 Å². The summed E-state index contributed by atoms with van der Waals surface area (Å²) in [6.45, 7) is 0.308. The largest absolute Gasteiger partial charge is 0.489 e. The number of thioether (sulfide) groups is 1. The van der Waals surface area contributed by atoms with E-state index < -0.39 is 5.97 Å². The Bertz CT molecular complexity index is 1310. The lowest BCUT2D eigenvalue weighted by Gasteiger charge is -2.08. The molecule has 6 nitrogen and oxygen atoms in total. The van der Waals surface area contributed by atoms with Gasteiger partial charge in [0.2, 0.25) is 0 Å². The summed E-state index contributed by atoms with van der Waals surface area (Å²) in [6, 6.07) is 18.8. The summed E-state index contributed by atoms with van der Waals surface area (Å²) in [5.74, 6) is -0.497. The fraction of sp³-hybridized carbons (Fsp3) is 0.0800. The van der Waals surface area contributed by atoms with Crippen molar-refractivity contribution in [2.45, 2.75) is 6.61 Å². The molecule has 0 aliphatic carbocycles. The van der Waals surface area contributed by atoms with Crippen molar-refractivity contribution >= 4 is 63.8 Å². The summed E-state index contributed by atoms with van der Waals surface area (Å²) in [4.78, 5) is 30.1. The third-order valence-electron chi connectivity index (χ3n) is 4.93. The minimum atomic E-state index is -1.00. The van der Waals surface area contributed by atoms with E-state index in [9.17, 15) is 9.59 Å². The number of likely N-dealkylation sites (N-methyl/N-ethyl adjacent to an activating group) is 1. The SMILES string of the molecule is CN1C(=O)/C(=C/c2ccc(OCc3ccc(Cl)cc3Cl)cc2)SC1=Nc1ccc(C(=O)O)cc1. The highest BCUT2D eigenvalue weighted by atomic mass is 35.5. The zero-order valence-electron chi connectivity index (χ0n) is 17.9. The Morgan fingerprint density at radius 3 is 2.44 bits per heavy atom. The molecule has 34 heavy (non-hydrogen) atoms. The number of hydrogen-bond acceptors (Lipinski definition) is 5. The molecule has 4 rings (SSSR count). The van der Waals surface area contributed by atoms with Gasteiger partial charge < -0.3 is 9.84 Å². The van der Waals surface area contributed by atoms with Gasteiger partial charge in [-0.2, -0.15) is 0 Å². The fourth-order valence-corrected chi connectivity index (χ4v) is 4.50. The lowest BCUT2D eigenvalue weighted by molar-refractivity contribution is -0.121. The summed E-state index contributed by atoms with van der Waals surface area (Å²) >= 11 is 13.4. The van der Waals surface area contributed by atoms with E-state index in [4.69, 9.17) is 33.0 Å². The molecule has 1 heterocycles. The first-order chi connectivity index (χ1) is 16.3. The molecule has 1 aliphatic heterocycles. The monoisotopic (exact) mass is 512 g/mol. The summed E-state index contributed by atoms with van der Waals surface area (Å²) in [6.07, 6.45) is 1.79. The quantitative estimate of drug-likeness (QED) is 0.381. The first-order valence-electron chi connectivity index (χ1n) is 10.1. The van der Waals surface area contributed by atoms with Crippen LogP contribution in [0.5, 0.6) is 5.75 Å². The fourth-order valence-electron chi connectivity index (χ4n) is 3.05. The number of aromatic carboxylic acids is 1. The molecule has 1 aliphatic rings. The number of carbonyl (C=O) groups excluding carboxylic acids is 1. The molecule has 0 aromatic heterocycles. The minimum absolute atomic E-state index is 0.163. The molecule has 1 amide bonds. The lowest BCUT2D eigenvalue weighted by atomic mass is 10.2. The molecule has 1 fully saturated rings. The van der Waals surface area contributed by atoms with E-state index in [1.807, 2.05) is 30.3 Å². The molecule has 9 heteroatoms. The standard InChI is InChI=1S/C25H18Cl2N2O4S/c1-29-23(30)22(34-25(29)28-19-8-5-16(6-9-19)24(31)32)12-15-2-10-20(11-3-15)33-14-17-4-7-18(26)13-21(17)27/h2-13H,14H2,1H3,(H,31,32)/b22-12-,28-25?. The van der Waals surface area contributed by atoms with Crippen molar-refractivity contribution in [3.05, 3.63) is 98.4 Å². The normalized spacial score (nSPS) is 15.9. The number of carboxylic acids is 1. The van der Waals surface area contributed by atoms with E-state index in [0.717, 1.165) is 11.1 Å². The van der Waals surface area contributed by atoms with Gasteiger partial charge in [-0.3, -0.25) is 9.69 Å². The van der Waals surface area contributed by atoms with Gasteiger partial charge in [0.05, 0.1) is 16.2 Å². The Hall–Kier alpha value is -3.26. The summed E-state index contributed by atoms with van der Waals surface area (Å²) in [5, 5.41) is 10.6. The van der Waals surface area contributed by atoms with Crippen LogP contribution in [-0.4, -0.2) is 34.1 Å². The number of amidine groups is 1. The number of carboxylic acid groups (broad SMARTS) is 1. The van der Waals surface area contributed by atoms with Crippen LogP contribution < -0.4 is 4.74 Å². The maximum Gasteiger partial charge on any atom is 0.335 e. The number of ether oxygens (including phenoxy) is 1. The zero-order chi connectivity index (χ0) is 24.2. The Kier molecular flexibility index (Phi) is 7.26. The van der Waals surface area contributed by atoms with Crippen LogP contribution in [0, 0.1) is 0 Å². The molecule has 1 saturated heterocycles. The third kappa shape index (κ3) is 5.62. The van der Waals surface area contributed by atoms with E-state index in [0.29, 0.717) is 38.2 Å². The highest BCUT2D eigenvalue weighted by Gasteiger charge is 2.30. The first-order valence-corrected chi connectivity index (χ1v) is 11.6. The number of amides is 1. The third-order valence-corrected chi connectivity index (χ3v) is 6.58. The second-order valence-electron chi connectivity index (χ2n) is 7.31. The number of aliphatic imine (C=N–C) groups is 1. The Balaban J connectivity index is 1.44. The van der Waals surface area contributed by atoms with Gasteiger partial charge in [-0.15, -0.1) is 0 Å². The van der Waals surface area contributed by atoms with Crippen LogP contribution in [-0.2, 0) is 11.4 Å². The van der Waals surface area contributed by atoms with E-state index in [2.05, 4.69) is 4.99 Å². The number of benzene rings is 3. The van der Waals surface area contributed by atoms with Gasteiger partial charge in [0, 0.05) is 22.7 Å². The predicted octanol–water partition coefficient (Wildman–Crippen LogP) is 6.50. The van der Waals surface area contributed by atoms with Crippen LogP contribution >= 0.6 is 35.0 Å². The number of rotatable bonds is 6. The molecule has 0 spiro atoms. The molecule has 3 aromatic carbocycles. The summed E-state index contributed by atoms with van der Waals surface area (Å²) in [5.41, 5.74) is 2.42. The van der Waals surface area contributed by atoms with Gasteiger partial charge in [-0.05, 0) is 71.9 Å². The Labute approximate surface area is 210 Å². The predicted molar refractivity (Wildman–Crippen MR) is 136 cm³/mol. The average Bonchev–Trinajstić information content (AvgIpc) is 3.07. The molecular formula is C25H18Cl2N2O4S. The highest BCUT2D eigenvalue weighted by molar-refractivity contribution is 8.18. The maximum atomic E-state index is 12.7. The van der Waals surface area contributed by atoms with Gasteiger partial charge in [-0.25, -0.2) is 9.79 Å². The van der Waals surface area contributed by atoms with E-state index >= 15 is 0 Å². The van der Waals surface area contributed by atoms with Crippen LogP contribution in [0.4, 0.5) is 5.69 Å². The molecule has 1 N–H and O–H groups in total. The number of hydrogen-bond donors (Lipinski definition) is 1. The highest BCUT2D eigenvalue weighted by Crippen LogP contribution is 2.33. The second-order valence-corrected chi connectivity index (χ2v) is 9.17. The van der Waals surface area contributed by atoms with Crippen molar-refractivity contribution in [3.63, 3.8) is 0 Å². The van der Waals surface area contributed by atoms with Gasteiger partial charge in [0.15, 0.2) is 5.17 Å². The van der Waals surface area contributed by atoms with Crippen molar-refractivity contribution in [1.82, 2.24) is 4.90 Å². The Morgan fingerprint density at radius 2 is 1.79 bits per heavy atom. The topological polar surface area (TPSA) is 79.2 Å². The first kappa shape index (κ1) is 23.9. The van der Waals surface area contributed by atoms with Crippen molar-refractivity contribution in [2.24, 2.45) is 4.99 Å². The smallest absolute Gasteiger partial charge is 0.335 e. The van der Waals surface area contributed by atoms with E-state index in [1.165, 1.54) is 28.8 Å². The Morgan fingerprint density at radius 1 is 1.09 bits per heavy atom. The second kappa shape index (κ2) is 10.3. The maximum absolute atomic E-state index is 12.7. The minimum Gasteiger partial charge on any atom is -0.489 e. The lowest BCUT2D eigenvalue weighted by Crippen LogP contribution is -2.23. The molecule has 0 atom stereocenters. The van der Waals surface area contributed by atoms with Gasteiger partial charge >= 0.3 is 5.97 Å². The van der Waals surface area contributed by atoms with E-state index in [-0.39, 0.29) is 11.5 Å². The van der Waals surface area contributed by atoms with Crippen LogP contribution in [0.15, 0.2) is 76.6 Å². The van der Waals surface area contributed by atoms with Crippen LogP contribution in [0.3, 0.4) is 0 Å². The molecule has 0 unspecified atom stereocenters. The van der Waals surface area contributed by atoms with Crippen molar-refractivity contribution in [3.8, 4) is 5.75 Å². The number of nitrogens with zero attached hydrogens (tertiary/aromatic N) is 2. The molecule has 3 aromatic rings. The van der Waals surface area contributed by atoms with Crippen LogP contribution in [0.2, 0.25) is 10.0 Å². The molecule has 0 saturated carbocycles. The van der Waals surface area contributed by atoms with Gasteiger partial charge in [0.1, 0.15) is 12.4 Å². The molecule has 0 radical (unpaired) electrons. The summed E-state index contributed by atoms with van der Waals surface area (Å²) < 4.78 is 5.80. The average molecular weight is 513 g/mol. The molecule has 172 valence electrons. The molecule has 0 bridgehead atoms. The van der Waals surface area contributed by atoms with Crippen LogP contribution in [0.25, 0.3) is 6.08 Å². The van der Waals surface area contributed by atoms with Crippen molar-refractivity contribution < 1.29 is 19.4 Å². The number of halogens is 2. The number of carbonyl (C=O) groups is 2. The zero-order valence-corrected chi connectivity index (χ0v) is 20.2.